The van der Waals surface area contributed by atoms with E-state index in [9.17, 15) is 13.6 Å². The fourth-order valence-electron chi connectivity index (χ4n) is 2.05. The van der Waals surface area contributed by atoms with E-state index in [1.54, 1.807) is 0 Å². The van der Waals surface area contributed by atoms with E-state index in [2.05, 4.69) is 29.2 Å². The molecule has 0 spiro atoms. The van der Waals surface area contributed by atoms with Gasteiger partial charge >= 0.3 is 0 Å². The molecule has 0 aliphatic carbocycles. The second-order valence-electron chi connectivity index (χ2n) is 4.66. The Morgan fingerprint density at radius 1 is 1.48 bits per heavy atom. The van der Waals surface area contributed by atoms with E-state index in [4.69, 9.17) is 5.73 Å². The highest BCUT2D eigenvalue weighted by molar-refractivity contribution is 5.97. The molecule has 0 saturated heterocycles. The van der Waals surface area contributed by atoms with Crippen LogP contribution < -0.4 is 11.1 Å². The zero-order valence-electron chi connectivity index (χ0n) is 12.5. The van der Waals surface area contributed by atoms with Gasteiger partial charge in [0.2, 0.25) is 0 Å². The molecule has 8 heteroatoms. The lowest BCUT2D eigenvalue weighted by atomic mass is 10.3. The van der Waals surface area contributed by atoms with E-state index in [-0.39, 0.29) is 11.4 Å². The van der Waals surface area contributed by atoms with Gasteiger partial charge in [-0.2, -0.15) is 5.10 Å². The number of rotatable bonds is 9. The predicted octanol–water partition coefficient (Wildman–Crippen LogP) is 1.19. The summed E-state index contributed by atoms with van der Waals surface area (Å²) in [7, 11) is 0. The van der Waals surface area contributed by atoms with Gasteiger partial charge in [0.1, 0.15) is 12.2 Å². The molecule has 0 aromatic carbocycles. The SMILES string of the molecule is CCN(CC)CCCNC(=O)c1c(N)cnn1CC(F)F. The number of hydrogen-bond donors (Lipinski definition) is 2. The summed E-state index contributed by atoms with van der Waals surface area (Å²) in [4.78, 5) is 14.2. The monoisotopic (exact) mass is 303 g/mol. The Morgan fingerprint density at radius 2 is 2.14 bits per heavy atom. The molecule has 0 radical (unpaired) electrons. The van der Waals surface area contributed by atoms with Gasteiger partial charge in [-0.15, -0.1) is 0 Å². The molecular formula is C13H23F2N5O. The average Bonchev–Trinajstić information content (AvgIpc) is 2.79. The Morgan fingerprint density at radius 3 is 2.71 bits per heavy atom. The highest BCUT2D eigenvalue weighted by Gasteiger charge is 2.18. The minimum atomic E-state index is -2.58. The maximum absolute atomic E-state index is 12.4. The number of amides is 1. The number of carbonyl (C=O) groups is 1. The molecule has 6 nitrogen and oxygen atoms in total. The number of nitrogens with two attached hydrogens (primary N) is 1. The zero-order valence-corrected chi connectivity index (χ0v) is 12.5. The van der Waals surface area contributed by atoms with E-state index < -0.39 is 18.9 Å². The number of nitrogen functional groups attached to an aromatic ring is 1. The van der Waals surface area contributed by atoms with Gasteiger partial charge in [0.05, 0.1) is 11.9 Å². The molecule has 0 unspecified atom stereocenters. The smallest absolute Gasteiger partial charge is 0.271 e. The standard InChI is InChI=1S/C13H23F2N5O/c1-3-19(4-2)7-5-6-17-13(21)12-10(16)8-18-20(12)9-11(14)15/h8,11H,3-7,9,16H2,1-2H3,(H,17,21). The third-order valence-electron chi connectivity index (χ3n) is 3.22. The fraction of sp³-hybridized carbons (Fsp3) is 0.692. The predicted molar refractivity (Wildman–Crippen MR) is 77.4 cm³/mol. The lowest BCUT2D eigenvalue weighted by Crippen LogP contribution is -2.31. The van der Waals surface area contributed by atoms with Gasteiger partial charge in [-0.1, -0.05) is 13.8 Å². The van der Waals surface area contributed by atoms with Crippen LogP contribution in [0.2, 0.25) is 0 Å². The van der Waals surface area contributed by atoms with E-state index in [0.29, 0.717) is 6.54 Å². The maximum atomic E-state index is 12.4. The fourth-order valence-corrected chi connectivity index (χ4v) is 2.05. The van der Waals surface area contributed by atoms with Crippen LogP contribution in [0.15, 0.2) is 6.20 Å². The first kappa shape index (κ1) is 17.4. The Bertz CT molecular complexity index is 446. The van der Waals surface area contributed by atoms with Crippen LogP contribution in [0, 0.1) is 0 Å². The van der Waals surface area contributed by atoms with Gasteiger partial charge in [0.25, 0.3) is 12.3 Å². The molecule has 0 aliphatic heterocycles. The quantitative estimate of drug-likeness (QED) is 0.672. The summed E-state index contributed by atoms with van der Waals surface area (Å²) in [6.07, 6.45) is -0.581. The van der Waals surface area contributed by atoms with Gasteiger partial charge in [0.15, 0.2) is 0 Å². The third kappa shape index (κ3) is 5.30. The van der Waals surface area contributed by atoms with Crippen LogP contribution in [0.25, 0.3) is 0 Å². The van der Waals surface area contributed by atoms with Crippen molar-refractivity contribution in [2.45, 2.75) is 33.2 Å². The Labute approximate surface area is 123 Å². The molecule has 21 heavy (non-hydrogen) atoms. The molecule has 0 bridgehead atoms. The number of carbonyl (C=O) groups excluding carboxylic acids is 1. The highest BCUT2D eigenvalue weighted by Crippen LogP contribution is 2.12. The van der Waals surface area contributed by atoms with Gasteiger partial charge in [-0.3, -0.25) is 9.48 Å². The van der Waals surface area contributed by atoms with Crippen molar-refractivity contribution in [1.82, 2.24) is 20.0 Å². The normalized spacial score (nSPS) is 11.3. The van der Waals surface area contributed by atoms with Gasteiger partial charge in [-0.25, -0.2) is 8.78 Å². The van der Waals surface area contributed by atoms with Crippen LogP contribution >= 0.6 is 0 Å². The van der Waals surface area contributed by atoms with Crippen molar-refractivity contribution >= 4 is 11.6 Å². The highest BCUT2D eigenvalue weighted by atomic mass is 19.3. The number of anilines is 1. The molecule has 1 heterocycles. The molecule has 120 valence electrons. The van der Waals surface area contributed by atoms with Crippen LogP contribution in [-0.4, -0.2) is 53.2 Å². The van der Waals surface area contributed by atoms with Gasteiger partial charge in [0, 0.05) is 6.54 Å². The summed E-state index contributed by atoms with van der Waals surface area (Å²) in [6, 6.07) is 0. The van der Waals surface area contributed by atoms with Crippen LogP contribution in [-0.2, 0) is 6.54 Å². The first-order valence-electron chi connectivity index (χ1n) is 7.09. The second kappa shape index (κ2) is 8.56. The van der Waals surface area contributed by atoms with E-state index >= 15 is 0 Å². The number of aromatic nitrogens is 2. The average molecular weight is 303 g/mol. The summed E-state index contributed by atoms with van der Waals surface area (Å²) in [6.45, 7) is 6.77. The maximum Gasteiger partial charge on any atom is 0.271 e. The molecule has 1 rings (SSSR count). The van der Waals surface area contributed by atoms with Crippen molar-refractivity contribution in [3.05, 3.63) is 11.9 Å². The van der Waals surface area contributed by atoms with Crippen molar-refractivity contribution in [3.8, 4) is 0 Å². The van der Waals surface area contributed by atoms with Crippen molar-refractivity contribution in [3.63, 3.8) is 0 Å². The Hall–Kier alpha value is -1.70. The first-order chi connectivity index (χ1) is 9.99. The molecule has 3 N–H and O–H groups in total. The van der Waals surface area contributed by atoms with Crippen LogP contribution in [0.1, 0.15) is 30.8 Å². The molecule has 0 aliphatic rings. The largest absolute Gasteiger partial charge is 0.396 e. The van der Waals surface area contributed by atoms with E-state index in [1.807, 2.05) is 0 Å². The molecule has 1 amide bonds. The molecule has 0 saturated carbocycles. The number of nitrogens with zero attached hydrogens (tertiary/aromatic N) is 3. The van der Waals surface area contributed by atoms with Gasteiger partial charge < -0.3 is 16.0 Å². The number of nitrogens with one attached hydrogen (secondary N) is 1. The van der Waals surface area contributed by atoms with E-state index in [1.165, 1.54) is 6.20 Å². The van der Waals surface area contributed by atoms with Crippen molar-refractivity contribution in [2.24, 2.45) is 0 Å². The van der Waals surface area contributed by atoms with Crippen molar-refractivity contribution in [2.75, 3.05) is 31.9 Å². The van der Waals surface area contributed by atoms with E-state index in [0.717, 1.165) is 30.7 Å². The molecule has 1 aromatic rings. The third-order valence-corrected chi connectivity index (χ3v) is 3.22. The molecule has 1 aromatic heterocycles. The van der Waals surface area contributed by atoms with Crippen LogP contribution in [0.5, 0.6) is 0 Å². The minimum Gasteiger partial charge on any atom is -0.396 e. The molecule has 0 fully saturated rings. The lowest BCUT2D eigenvalue weighted by Gasteiger charge is -2.17. The van der Waals surface area contributed by atoms with Crippen molar-refractivity contribution in [1.29, 1.82) is 0 Å². The van der Waals surface area contributed by atoms with Crippen LogP contribution in [0.3, 0.4) is 0 Å². The Kier molecular flexibility index (Phi) is 7.07. The van der Waals surface area contributed by atoms with Crippen molar-refractivity contribution < 1.29 is 13.6 Å². The summed E-state index contributed by atoms with van der Waals surface area (Å²) in [5, 5.41) is 6.39. The summed E-state index contributed by atoms with van der Waals surface area (Å²) in [5.41, 5.74) is 5.72. The summed E-state index contributed by atoms with van der Waals surface area (Å²) in [5.74, 6) is -0.467. The first-order valence-corrected chi connectivity index (χ1v) is 7.09. The molecule has 0 atom stereocenters. The number of alkyl halides is 2. The number of hydrogen-bond acceptors (Lipinski definition) is 4. The lowest BCUT2D eigenvalue weighted by molar-refractivity contribution is 0.0923. The van der Waals surface area contributed by atoms with Crippen LogP contribution in [0.4, 0.5) is 14.5 Å². The number of halogens is 2. The minimum absolute atomic E-state index is 0.00172. The Balaban J connectivity index is 2.50. The summed E-state index contributed by atoms with van der Waals surface area (Å²) < 4.78 is 25.8. The molecular weight excluding hydrogens is 280 g/mol. The van der Waals surface area contributed by atoms with Gasteiger partial charge in [-0.05, 0) is 26.1 Å². The topological polar surface area (TPSA) is 76.2 Å². The second-order valence-corrected chi connectivity index (χ2v) is 4.66. The zero-order chi connectivity index (χ0) is 15.8. The summed E-state index contributed by atoms with van der Waals surface area (Å²) >= 11 is 0.